The molecule has 3 nitrogen and oxygen atoms in total. The number of hydrogen-bond acceptors (Lipinski definition) is 4. The van der Waals surface area contributed by atoms with Gasteiger partial charge in [-0.15, -0.1) is 0 Å². The van der Waals surface area contributed by atoms with Gasteiger partial charge in [-0.3, -0.25) is 0 Å². The van der Waals surface area contributed by atoms with Gasteiger partial charge in [0.2, 0.25) is 5.05 Å². The Kier molecular flexibility index (Phi) is 2.64. The number of pyridine rings is 1. The highest BCUT2D eigenvalue weighted by Crippen LogP contribution is 2.20. The van der Waals surface area contributed by atoms with Gasteiger partial charge in [0.1, 0.15) is 5.69 Å². The van der Waals surface area contributed by atoms with Crippen molar-refractivity contribution < 1.29 is 9.53 Å². The number of carbonyl (C=O) groups is 1. The Bertz CT molecular complexity index is 637. The molecular weight excluding hydrogens is 246 g/mol. The second-order valence-corrected chi connectivity index (χ2v) is 4.41. The van der Waals surface area contributed by atoms with Crippen LogP contribution in [0.3, 0.4) is 0 Å². The number of rotatable bonds is 2. The first-order valence-electron chi connectivity index (χ1n) is 5.54. The molecule has 0 atom stereocenters. The van der Waals surface area contributed by atoms with E-state index in [1.54, 1.807) is 6.07 Å². The van der Waals surface area contributed by atoms with E-state index in [1.165, 1.54) is 5.56 Å². The summed E-state index contributed by atoms with van der Waals surface area (Å²) in [4.78, 5) is 15.8. The van der Waals surface area contributed by atoms with E-state index < -0.39 is 5.97 Å². The number of thiocarbonyl (C=S) groups is 1. The van der Waals surface area contributed by atoms with E-state index in [-0.39, 0.29) is 5.05 Å². The van der Waals surface area contributed by atoms with Crippen molar-refractivity contribution in [3.8, 4) is 0 Å². The molecule has 0 spiro atoms. The summed E-state index contributed by atoms with van der Waals surface area (Å²) in [6.45, 7) is 0. The number of nitrogens with zero attached hydrogens (tertiary/aromatic N) is 1. The maximum Gasteiger partial charge on any atom is 0.346 e. The van der Waals surface area contributed by atoms with E-state index in [9.17, 15) is 4.79 Å². The first kappa shape index (κ1) is 11.0. The van der Waals surface area contributed by atoms with Crippen molar-refractivity contribution in [1.82, 2.24) is 4.98 Å². The average Bonchev–Trinajstić information content (AvgIpc) is 2.66. The zero-order valence-corrected chi connectivity index (χ0v) is 10.2. The summed E-state index contributed by atoms with van der Waals surface area (Å²) in [6.07, 6.45) is 0.713. The quantitative estimate of drug-likeness (QED) is 0.610. The fraction of sp³-hybridized carbons (Fsp3) is 0.0714. The van der Waals surface area contributed by atoms with Crippen LogP contribution in [0.5, 0.6) is 0 Å². The van der Waals surface area contributed by atoms with Crippen LogP contribution >= 0.6 is 12.2 Å². The van der Waals surface area contributed by atoms with Crippen molar-refractivity contribution in [3.05, 3.63) is 65.0 Å². The summed E-state index contributed by atoms with van der Waals surface area (Å²) >= 11 is 4.97. The predicted molar refractivity (Wildman–Crippen MR) is 70.6 cm³/mol. The molecule has 4 heteroatoms. The first-order chi connectivity index (χ1) is 8.74. The number of hydrogen-bond donors (Lipinski definition) is 0. The molecule has 0 unspecified atom stereocenters. The van der Waals surface area contributed by atoms with Crippen LogP contribution < -0.4 is 0 Å². The van der Waals surface area contributed by atoms with E-state index in [2.05, 4.69) is 4.98 Å². The van der Waals surface area contributed by atoms with Crippen LogP contribution in [0.4, 0.5) is 0 Å². The largest absolute Gasteiger partial charge is 0.409 e. The lowest BCUT2D eigenvalue weighted by molar-refractivity contribution is 0.0742. The van der Waals surface area contributed by atoms with E-state index in [1.807, 2.05) is 36.4 Å². The molecule has 0 saturated carbocycles. The van der Waals surface area contributed by atoms with Crippen LogP contribution in [0.25, 0.3) is 0 Å². The van der Waals surface area contributed by atoms with E-state index in [0.717, 1.165) is 5.69 Å². The van der Waals surface area contributed by atoms with E-state index >= 15 is 0 Å². The fourth-order valence-electron chi connectivity index (χ4n) is 1.91. The maximum absolute atomic E-state index is 11.4. The van der Waals surface area contributed by atoms with Gasteiger partial charge in [0.25, 0.3) is 0 Å². The SMILES string of the molecule is O=C1OC(=S)c2nc(Cc3ccccc3)ccc21. The molecule has 1 aromatic carbocycles. The van der Waals surface area contributed by atoms with Gasteiger partial charge in [0.15, 0.2) is 0 Å². The number of esters is 1. The molecule has 1 aromatic heterocycles. The summed E-state index contributed by atoms with van der Waals surface area (Å²) in [5.74, 6) is -0.409. The summed E-state index contributed by atoms with van der Waals surface area (Å²) in [5.41, 5.74) is 2.99. The molecule has 0 N–H and O–H groups in total. The van der Waals surface area contributed by atoms with Gasteiger partial charge < -0.3 is 4.74 Å². The monoisotopic (exact) mass is 255 g/mol. The molecule has 0 saturated heterocycles. The number of benzene rings is 1. The van der Waals surface area contributed by atoms with Crippen molar-refractivity contribution in [2.75, 3.05) is 0 Å². The van der Waals surface area contributed by atoms with Crippen molar-refractivity contribution in [1.29, 1.82) is 0 Å². The summed E-state index contributed by atoms with van der Waals surface area (Å²) in [7, 11) is 0. The molecule has 0 amide bonds. The molecule has 0 aliphatic carbocycles. The van der Waals surface area contributed by atoms with Gasteiger partial charge in [-0.05, 0) is 29.9 Å². The Labute approximate surface area is 109 Å². The minimum Gasteiger partial charge on any atom is -0.409 e. The lowest BCUT2D eigenvalue weighted by Crippen LogP contribution is -2.00. The van der Waals surface area contributed by atoms with Crippen LogP contribution in [0, 0.1) is 0 Å². The Hall–Kier alpha value is -2.07. The van der Waals surface area contributed by atoms with Crippen molar-refractivity contribution in [2.24, 2.45) is 0 Å². The van der Waals surface area contributed by atoms with Crippen LogP contribution in [0.1, 0.15) is 27.3 Å². The van der Waals surface area contributed by atoms with Crippen LogP contribution in [-0.2, 0) is 11.2 Å². The minimum atomic E-state index is -0.409. The molecule has 1 aliphatic rings. The molecule has 0 bridgehead atoms. The van der Waals surface area contributed by atoms with Crippen molar-refractivity contribution >= 4 is 23.2 Å². The second kappa shape index (κ2) is 4.31. The summed E-state index contributed by atoms with van der Waals surface area (Å²) in [5, 5.41) is 0.171. The highest BCUT2D eigenvalue weighted by atomic mass is 32.1. The number of cyclic esters (lactones) is 1. The molecule has 0 radical (unpaired) electrons. The molecule has 1 aliphatic heterocycles. The number of fused-ring (bicyclic) bond motifs is 1. The van der Waals surface area contributed by atoms with E-state index in [4.69, 9.17) is 17.0 Å². The fourth-order valence-corrected chi connectivity index (χ4v) is 2.14. The van der Waals surface area contributed by atoms with Gasteiger partial charge >= 0.3 is 5.97 Å². The molecule has 2 heterocycles. The smallest absolute Gasteiger partial charge is 0.346 e. The topological polar surface area (TPSA) is 39.2 Å². The molecule has 3 rings (SSSR count). The molecule has 2 aromatic rings. The lowest BCUT2D eigenvalue weighted by atomic mass is 10.1. The molecule has 88 valence electrons. The summed E-state index contributed by atoms with van der Waals surface area (Å²) < 4.78 is 4.87. The number of aromatic nitrogens is 1. The zero-order valence-electron chi connectivity index (χ0n) is 9.42. The summed E-state index contributed by atoms with van der Waals surface area (Å²) in [6, 6.07) is 13.6. The van der Waals surface area contributed by atoms with Crippen molar-refractivity contribution in [3.63, 3.8) is 0 Å². The van der Waals surface area contributed by atoms with Gasteiger partial charge in [-0.25, -0.2) is 9.78 Å². The van der Waals surface area contributed by atoms with Gasteiger partial charge in [-0.2, -0.15) is 0 Å². The Balaban J connectivity index is 1.94. The number of ether oxygens (including phenoxy) is 1. The normalized spacial score (nSPS) is 13.3. The average molecular weight is 255 g/mol. The third kappa shape index (κ3) is 1.91. The Morgan fingerprint density at radius 2 is 1.89 bits per heavy atom. The minimum absolute atomic E-state index is 0.171. The molecular formula is C14H9NO2S. The number of carbonyl (C=O) groups excluding carboxylic acids is 1. The highest BCUT2D eigenvalue weighted by molar-refractivity contribution is 7.80. The maximum atomic E-state index is 11.4. The standard InChI is InChI=1S/C14H9NO2S/c16-13-11-7-6-10(15-12(11)14(18)17-13)8-9-4-2-1-3-5-9/h1-7H,8H2. The van der Waals surface area contributed by atoms with Gasteiger partial charge in [-0.1, -0.05) is 30.3 Å². The third-order valence-corrected chi connectivity index (χ3v) is 3.06. The van der Waals surface area contributed by atoms with Crippen LogP contribution in [0.15, 0.2) is 42.5 Å². The lowest BCUT2D eigenvalue weighted by Gasteiger charge is -2.02. The molecule has 18 heavy (non-hydrogen) atoms. The third-order valence-electron chi connectivity index (χ3n) is 2.78. The van der Waals surface area contributed by atoms with Gasteiger partial charge in [0, 0.05) is 12.1 Å². The van der Waals surface area contributed by atoms with Gasteiger partial charge in [0.05, 0.1) is 5.56 Å². The molecule has 0 fully saturated rings. The highest BCUT2D eigenvalue weighted by Gasteiger charge is 2.28. The predicted octanol–water partition coefficient (Wildman–Crippen LogP) is 2.52. The Morgan fingerprint density at radius 1 is 1.11 bits per heavy atom. The second-order valence-electron chi connectivity index (χ2n) is 4.04. The Morgan fingerprint density at radius 3 is 2.67 bits per heavy atom. The van der Waals surface area contributed by atoms with E-state index in [0.29, 0.717) is 17.7 Å². The van der Waals surface area contributed by atoms with Crippen molar-refractivity contribution in [2.45, 2.75) is 6.42 Å². The first-order valence-corrected chi connectivity index (χ1v) is 5.95. The zero-order chi connectivity index (χ0) is 12.5. The van der Waals surface area contributed by atoms with Crippen LogP contribution in [-0.4, -0.2) is 16.0 Å². The van der Waals surface area contributed by atoms with Crippen LogP contribution in [0.2, 0.25) is 0 Å².